The van der Waals surface area contributed by atoms with E-state index in [4.69, 9.17) is 0 Å². The van der Waals surface area contributed by atoms with Crippen LogP contribution in [-0.2, 0) is 14.4 Å². The molecule has 82 valence electrons. The number of carbonyl (C=O) groups excluding carboxylic acids is 3. The minimum absolute atomic E-state index is 0.0824. The van der Waals surface area contributed by atoms with Crippen LogP contribution >= 0.6 is 0 Å². The molecule has 3 rings (SSSR count). The third-order valence-electron chi connectivity index (χ3n) is 3.11. The SMILES string of the molecule is O=C1C=C2C(=CC=C3C=CC=CC32)C(=O)C1=O. The highest BCUT2D eigenvalue weighted by Crippen LogP contribution is 2.36. The van der Waals surface area contributed by atoms with Crippen molar-refractivity contribution >= 4 is 17.3 Å². The van der Waals surface area contributed by atoms with Gasteiger partial charge in [0.1, 0.15) is 0 Å². The van der Waals surface area contributed by atoms with Crippen molar-refractivity contribution in [3.8, 4) is 0 Å². The zero-order valence-electron chi connectivity index (χ0n) is 8.84. The van der Waals surface area contributed by atoms with E-state index in [1.807, 2.05) is 30.4 Å². The second-order valence-electron chi connectivity index (χ2n) is 4.09. The molecule has 0 N–H and O–H groups in total. The molecule has 0 fully saturated rings. The summed E-state index contributed by atoms with van der Waals surface area (Å²) in [7, 11) is 0. The molecule has 1 atom stereocenters. The number of hydrogen-bond donors (Lipinski definition) is 0. The summed E-state index contributed by atoms with van der Waals surface area (Å²) in [6, 6.07) is 0. The monoisotopic (exact) mass is 224 g/mol. The summed E-state index contributed by atoms with van der Waals surface area (Å²) in [6.45, 7) is 0. The van der Waals surface area contributed by atoms with Gasteiger partial charge in [-0.15, -0.1) is 0 Å². The lowest BCUT2D eigenvalue weighted by molar-refractivity contribution is -0.141. The van der Waals surface area contributed by atoms with Crippen molar-refractivity contribution in [1.82, 2.24) is 0 Å². The third kappa shape index (κ3) is 1.32. The number of ketones is 3. The van der Waals surface area contributed by atoms with E-state index in [1.165, 1.54) is 6.08 Å². The summed E-state index contributed by atoms with van der Waals surface area (Å²) in [5, 5.41) is 0. The Morgan fingerprint density at radius 1 is 0.941 bits per heavy atom. The second kappa shape index (κ2) is 3.35. The molecule has 0 aromatic carbocycles. The Kier molecular flexibility index (Phi) is 1.95. The number of fused-ring (bicyclic) bond motifs is 3. The van der Waals surface area contributed by atoms with Crippen molar-refractivity contribution in [3.63, 3.8) is 0 Å². The van der Waals surface area contributed by atoms with E-state index in [0.717, 1.165) is 5.57 Å². The smallest absolute Gasteiger partial charge is 0.273 e. The lowest BCUT2D eigenvalue weighted by Gasteiger charge is -2.26. The summed E-state index contributed by atoms with van der Waals surface area (Å²) in [5.74, 6) is -2.43. The zero-order chi connectivity index (χ0) is 12.0. The van der Waals surface area contributed by atoms with E-state index >= 15 is 0 Å². The van der Waals surface area contributed by atoms with E-state index in [2.05, 4.69) is 0 Å². The highest BCUT2D eigenvalue weighted by Gasteiger charge is 2.36. The van der Waals surface area contributed by atoms with Gasteiger partial charge in [-0.3, -0.25) is 14.4 Å². The Balaban J connectivity index is 2.20. The molecule has 1 unspecified atom stereocenters. The Morgan fingerprint density at radius 3 is 2.59 bits per heavy atom. The molecular formula is C14H8O3. The van der Waals surface area contributed by atoms with Gasteiger partial charge in [0, 0.05) is 11.5 Å². The largest absolute Gasteiger partial charge is 0.285 e. The van der Waals surface area contributed by atoms with Crippen LogP contribution in [0.1, 0.15) is 0 Å². The summed E-state index contributed by atoms with van der Waals surface area (Å²) >= 11 is 0. The molecule has 0 saturated carbocycles. The highest BCUT2D eigenvalue weighted by molar-refractivity contribution is 6.71. The molecule has 0 spiro atoms. The van der Waals surface area contributed by atoms with Gasteiger partial charge in [0.15, 0.2) is 0 Å². The van der Waals surface area contributed by atoms with Crippen LogP contribution in [-0.4, -0.2) is 17.3 Å². The maximum atomic E-state index is 11.7. The third-order valence-corrected chi connectivity index (χ3v) is 3.11. The molecule has 0 saturated heterocycles. The fourth-order valence-corrected chi connectivity index (χ4v) is 2.26. The molecule has 3 aliphatic carbocycles. The quantitative estimate of drug-likeness (QED) is 0.582. The topological polar surface area (TPSA) is 51.2 Å². The molecule has 0 bridgehead atoms. The highest BCUT2D eigenvalue weighted by atomic mass is 16.2. The molecule has 0 aliphatic heterocycles. The first-order valence-corrected chi connectivity index (χ1v) is 5.30. The number of Topliss-reactive ketones (excluding diaryl/α,β-unsaturated/α-hetero) is 2. The molecule has 3 aliphatic rings. The summed E-state index contributed by atoms with van der Waals surface area (Å²) in [5.41, 5.74) is 2.01. The van der Waals surface area contributed by atoms with Crippen molar-refractivity contribution < 1.29 is 14.4 Å². The first kappa shape index (κ1) is 9.90. The molecular weight excluding hydrogens is 216 g/mol. The van der Waals surface area contributed by atoms with E-state index in [9.17, 15) is 14.4 Å². The van der Waals surface area contributed by atoms with Gasteiger partial charge in [-0.05, 0) is 17.2 Å². The van der Waals surface area contributed by atoms with Gasteiger partial charge >= 0.3 is 0 Å². The molecule has 0 aromatic heterocycles. The van der Waals surface area contributed by atoms with Gasteiger partial charge in [-0.25, -0.2) is 0 Å². The van der Waals surface area contributed by atoms with Gasteiger partial charge in [0.25, 0.3) is 5.78 Å². The maximum absolute atomic E-state index is 11.7. The van der Waals surface area contributed by atoms with Crippen LogP contribution in [0.15, 0.2) is 59.3 Å². The zero-order valence-corrected chi connectivity index (χ0v) is 8.84. The Bertz CT molecular complexity index is 609. The average Bonchev–Trinajstić information content (AvgIpc) is 2.36. The van der Waals surface area contributed by atoms with Gasteiger partial charge in [0.05, 0.1) is 0 Å². The standard InChI is InChI=1S/C14H8O3/c15-12-7-11-9-4-2-1-3-8(9)5-6-10(11)13(16)14(12)17/h1-7,9H. The van der Waals surface area contributed by atoms with Gasteiger partial charge in [-0.2, -0.15) is 0 Å². The summed E-state index contributed by atoms with van der Waals surface area (Å²) in [6.07, 6.45) is 12.4. The van der Waals surface area contributed by atoms with Gasteiger partial charge in [-0.1, -0.05) is 36.5 Å². The number of hydrogen-bond acceptors (Lipinski definition) is 3. The van der Waals surface area contributed by atoms with Crippen molar-refractivity contribution in [1.29, 1.82) is 0 Å². The normalized spacial score (nSPS) is 26.0. The maximum Gasteiger partial charge on any atom is 0.273 e. The predicted octanol–water partition coefficient (Wildman–Crippen LogP) is 1.24. The molecule has 0 aromatic rings. The lowest BCUT2D eigenvalue weighted by Crippen LogP contribution is -2.32. The van der Waals surface area contributed by atoms with Crippen molar-refractivity contribution in [2.24, 2.45) is 5.92 Å². The molecule has 0 heterocycles. The number of rotatable bonds is 0. The van der Waals surface area contributed by atoms with Crippen molar-refractivity contribution in [2.75, 3.05) is 0 Å². The summed E-state index contributed by atoms with van der Waals surface area (Å²) in [4.78, 5) is 34.4. The van der Waals surface area contributed by atoms with Crippen LogP contribution in [0.25, 0.3) is 0 Å². The molecule has 17 heavy (non-hydrogen) atoms. The fourth-order valence-electron chi connectivity index (χ4n) is 2.26. The van der Waals surface area contributed by atoms with Crippen molar-refractivity contribution in [3.05, 3.63) is 59.3 Å². The van der Waals surface area contributed by atoms with Gasteiger partial charge < -0.3 is 0 Å². The number of allylic oxidation sites excluding steroid dienone is 10. The average molecular weight is 224 g/mol. The van der Waals surface area contributed by atoms with Crippen molar-refractivity contribution in [2.45, 2.75) is 0 Å². The number of carbonyl (C=O) groups is 3. The first-order chi connectivity index (χ1) is 8.18. The van der Waals surface area contributed by atoms with Crippen LogP contribution in [0.5, 0.6) is 0 Å². The van der Waals surface area contributed by atoms with E-state index < -0.39 is 17.3 Å². The van der Waals surface area contributed by atoms with Crippen LogP contribution in [0, 0.1) is 5.92 Å². The Labute approximate surface area is 97.5 Å². The Hall–Kier alpha value is -2.29. The predicted molar refractivity (Wildman–Crippen MR) is 61.0 cm³/mol. The van der Waals surface area contributed by atoms with Crippen LogP contribution in [0.4, 0.5) is 0 Å². The van der Waals surface area contributed by atoms with E-state index in [-0.39, 0.29) is 5.92 Å². The molecule has 0 radical (unpaired) electrons. The molecule has 3 nitrogen and oxygen atoms in total. The second-order valence-corrected chi connectivity index (χ2v) is 4.09. The van der Waals surface area contributed by atoms with Crippen LogP contribution < -0.4 is 0 Å². The lowest BCUT2D eigenvalue weighted by atomic mass is 9.75. The molecule has 3 heteroatoms. The van der Waals surface area contributed by atoms with E-state index in [1.54, 1.807) is 6.08 Å². The minimum atomic E-state index is -0.938. The fraction of sp³-hybridized carbons (Fsp3) is 0.0714. The Morgan fingerprint density at radius 2 is 1.76 bits per heavy atom. The van der Waals surface area contributed by atoms with Crippen LogP contribution in [0.3, 0.4) is 0 Å². The minimum Gasteiger partial charge on any atom is -0.285 e. The molecule has 0 amide bonds. The van der Waals surface area contributed by atoms with E-state index in [0.29, 0.717) is 11.1 Å². The first-order valence-electron chi connectivity index (χ1n) is 5.30. The van der Waals surface area contributed by atoms with Gasteiger partial charge in [0.2, 0.25) is 11.6 Å². The van der Waals surface area contributed by atoms with Crippen LogP contribution in [0.2, 0.25) is 0 Å². The summed E-state index contributed by atoms with van der Waals surface area (Å²) < 4.78 is 0.